The molecule has 2 aromatic rings. The number of carboxylic acid groups (broad SMARTS) is 1. The first-order valence-electron chi connectivity index (χ1n) is 7.76. The minimum atomic E-state index is -1.13. The van der Waals surface area contributed by atoms with Gasteiger partial charge in [-0.2, -0.15) is 0 Å². The van der Waals surface area contributed by atoms with Gasteiger partial charge in [-0.15, -0.1) is 0 Å². The lowest BCUT2D eigenvalue weighted by atomic mass is 10.1. The first kappa shape index (κ1) is 17.9. The quantitative estimate of drug-likeness (QED) is 0.795. The minimum Gasteiger partial charge on any atom is -0.479 e. The minimum absolute atomic E-state index is 0.00743. The largest absolute Gasteiger partial charge is 0.479 e. The first-order valence-corrected chi connectivity index (χ1v) is 8.55. The van der Waals surface area contributed by atoms with Crippen molar-refractivity contribution in [3.05, 3.63) is 52.5 Å². The Balaban J connectivity index is 1.85. The van der Waals surface area contributed by atoms with Crippen molar-refractivity contribution in [3.8, 4) is 5.75 Å². The summed E-state index contributed by atoms with van der Waals surface area (Å²) in [6.45, 7) is 1.33. The van der Waals surface area contributed by atoms with E-state index in [0.717, 1.165) is 4.47 Å². The zero-order valence-electron chi connectivity index (χ0n) is 13.7. The molecule has 0 fully saturated rings. The Labute approximate surface area is 157 Å². The third-order valence-electron chi connectivity index (χ3n) is 3.84. The maximum atomic E-state index is 12.5. The number of carboxylic acids is 1. The monoisotopic (exact) mass is 418 g/mol. The SMILES string of the molecule is CC1Oc2ccc(C(=O)O)cc2N(CC(=O)Nc2ccc(Br)cc2)C1=O. The predicted octanol–water partition coefficient (Wildman–Crippen LogP) is 2.90. The van der Waals surface area contributed by atoms with Crippen molar-refractivity contribution in [2.45, 2.75) is 13.0 Å². The molecule has 2 N–H and O–H groups in total. The van der Waals surface area contributed by atoms with E-state index in [0.29, 0.717) is 11.4 Å². The number of benzene rings is 2. The summed E-state index contributed by atoms with van der Waals surface area (Å²) in [4.78, 5) is 37.3. The molecule has 0 bridgehead atoms. The van der Waals surface area contributed by atoms with E-state index in [1.165, 1.54) is 23.1 Å². The molecule has 8 heteroatoms. The van der Waals surface area contributed by atoms with Gasteiger partial charge < -0.3 is 15.2 Å². The lowest BCUT2D eigenvalue weighted by Gasteiger charge is -2.32. The Morgan fingerprint density at radius 2 is 1.92 bits per heavy atom. The summed E-state index contributed by atoms with van der Waals surface area (Å²) >= 11 is 3.31. The van der Waals surface area contributed by atoms with Crippen molar-refractivity contribution < 1.29 is 24.2 Å². The Kier molecular flexibility index (Phi) is 4.94. The van der Waals surface area contributed by atoms with Crippen LogP contribution in [-0.2, 0) is 9.59 Å². The van der Waals surface area contributed by atoms with Gasteiger partial charge in [-0.25, -0.2) is 4.79 Å². The summed E-state index contributed by atoms with van der Waals surface area (Å²) in [5, 5.41) is 11.9. The standard InChI is InChI=1S/C18H15BrN2O5/c1-10-17(23)21(9-16(22)20-13-5-3-12(19)4-6-13)14-8-11(18(24)25)2-7-15(14)26-10/h2-8,10H,9H2,1H3,(H,20,22)(H,24,25). The van der Waals surface area contributed by atoms with Crippen molar-refractivity contribution in [1.29, 1.82) is 0 Å². The van der Waals surface area contributed by atoms with Gasteiger partial charge in [0.1, 0.15) is 12.3 Å². The molecule has 1 unspecified atom stereocenters. The molecule has 0 aromatic heterocycles. The van der Waals surface area contributed by atoms with Crippen molar-refractivity contribution in [2.24, 2.45) is 0 Å². The second-order valence-electron chi connectivity index (χ2n) is 5.73. The number of anilines is 2. The van der Waals surface area contributed by atoms with Gasteiger partial charge in [0.25, 0.3) is 5.91 Å². The molecular formula is C18H15BrN2O5. The number of hydrogen-bond donors (Lipinski definition) is 2. The number of halogens is 1. The average Bonchev–Trinajstić information content (AvgIpc) is 2.60. The van der Waals surface area contributed by atoms with Gasteiger partial charge in [0.2, 0.25) is 5.91 Å². The molecule has 0 radical (unpaired) electrons. The van der Waals surface area contributed by atoms with Crippen LogP contribution in [0, 0.1) is 0 Å². The molecule has 134 valence electrons. The Bertz CT molecular complexity index is 882. The smallest absolute Gasteiger partial charge is 0.335 e. The fraction of sp³-hybridized carbons (Fsp3) is 0.167. The van der Waals surface area contributed by atoms with E-state index in [-0.39, 0.29) is 17.8 Å². The fourth-order valence-electron chi connectivity index (χ4n) is 2.58. The highest BCUT2D eigenvalue weighted by Gasteiger charge is 2.33. The molecule has 0 spiro atoms. The number of amides is 2. The van der Waals surface area contributed by atoms with Crippen LogP contribution in [0.1, 0.15) is 17.3 Å². The van der Waals surface area contributed by atoms with Crippen molar-refractivity contribution in [3.63, 3.8) is 0 Å². The number of carbonyl (C=O) groups is 3. The normalized spacial score (nSPS) is 15.8. The van der Waals surface area contributed by atoms with Crippen LogP contribution in [0.25, 0.3) is 0 Å². The first-order chi connectivity index (χ1) is 12.3. The lowest BCUT2D eigenvalue weighted by molar-refractivity contribution is -0.127. The highest BCUT2D eigenvalue weighted by atomic mass is 79.9. The van der Waals surface area contributed by atoms with Gasteiger partial charge in [-0.05, 0) is 49.4 Å². The second kappa shape index (κ2) is 7.17. The number of nitrogens with zero attached hydrogens (tertiary/aromatic N) is 1. The third kappa shape index (κ3) is 3.70. The maximum absolute atomic E-state index is 12.5. The molecule has 0 saturated heterocycles. The predicted molar refractivity (Wildman–Crippen MR) is 98.6 cm³/mol. The molecule has 26 heavy (non-hydrogen) atoms. The van der Waals surface area contributed by atoms with Crippen molar-refractivity contribution in [1.82, 2.24) is 0 Å². The molecule has 1 heterocycles. The summed E-state index contributed by atoms with van der Waals surface area (Å²) in [7, 11) is 0. The van der Waals surface area contributed by atoms with E-state index >= 15 is 0 Å². The molecule has 1 aliphatic heterocycles. The van der Waals surface area contributed by atoms with E-state index in [1.54, 1.807) is 31.2 Å². The average molecular weight is 419 g/mol. The van der Waals surface area contributed by atoms with Gasteiger partial charge in [0.15, 0.2) is 6.10 Å². The Morgan fingerprint density at radius 3 is 2.58 bits per heavy atom. The molecule has 0 saturated carbocycles. The van der Waals surface area contributed by atoms with Crippen LogP contribution in [0.4, 0.5) is 11.4 Å². The number of nitrogens with one attached hydrogen (secondary N) is 1. The Morgan fingerprint density at radius 1 is 1.23 bits per heavy atom. The number of aromatic carboxylic acids is 1. The molecule has 7 nitrogen and oxygen atoms in total. The van der Waals surface area contributed by atoms with E-state index in [1.807, 2.05) is 0 Å². The summed E-state index contributed by atoms with van der Waals surface area (Å²) in [6, 6.07) is 11.2. The molecular weight excluding hydrogens is 404 g/mol. The highest BCUT2D eigenvalue weighted by Crippen LogP contribution is 2.35. The molecule has 1 aliphatic rings. The van der Waals surface area contributed by atoms with Gasteiger partial charge in [0.05, 0.1) is 11.3 Å². The van der Waals surface area contributed by atoms with E-state index in [9.17, 15) is 14.4 Å². The molecule has 0 aliphatic carbocycles. The van der Waals surface area contributed by atoms with E-state index in [2.05, 4.69) is 21.2 Å². The Hall–Kier alpha value is -2.87. The van der Waals surface area contributed by atoms with Crippen molar-refractivity contribution in [2.75, 3.05) is 16.8 Å². The summed E-state index contributed by atoms with van der Waals surface area (Å²) < 4.78 is 6.38. The summed E-state index contributed by atoms with van der Waals surface area (Å²) in [5.41, 5.74) is 0.860. The molecule has 3 rings (SSSR count). The zero-order valence-corrected chi connectivity index (χ0v) is 15.3. The van der Waals surface area contributed by atoms with Gasteiger partial charge in [-0.3, -0.25) is 14.5 Å². The number of rotatable bonds is 4. The van der Waals surface area contributed by atoms with Crippen LogP contribution >= 0.6 is 15.9 Å². The highest BCUT2D eigenvalue weighted by molar-refractivity contribution is 9.10. The number of hydrogen-bond acceptors (Lipinski definition) is 4. The topological polar surface area (TPSA) is 95.9 Å². The zero-order chi connectivity index (χ0) is 18.8. The van der Waals surface area contributed by atoms with Crippen LogP contribution in [-0.4, -0.2) is 35.5 Å². The number of ether oxygens (including phenoxy) is 1. The summed E-state index contributed by atoms with van der Waals surface area (Å²) in [6.07, 6.45) is -0.765. The fourth-order valence-corrected chi connectivity index (χ4v) is 2.84. The number of carbonyl (C=O) groups excluding carboxylic acids is 2. The summed E-state index contributed by atoms with van der Waals surface area (Å²) in [5.74, 6) is -1.58. The van der Waals surface area contributed by atoms with Gasteiger partial charge in [-0.1, -0.05) is 15.9 Å². The van der Waals surface area contributed by atoms with E-state index in [4.69, 9.17) is 9.84 Å². The molecule has 2 amide bonds. The van der Waals surface area contributed by atoms with Crippen LogP contribution in [0.2, 0.25) is 0 Å². The second-order valence-corrected chi connectivity index (χ2v) is 6.64. The maximum Gasteiger partial charge on any atom is 0.335 e. The van der Waals surface area contributed by atoms with Crippen molar-refractivity contribution >= 4 is 45.1 Å². The third-order valence-corrected chi connectivity index (χ3v) is 4.37. The van der Waals surface area contributed by atoms with Crippen LogP contribution in [0.3, 0.4) is 0 Å². The van der Waals surface area contributed by atoms with E-state index < -0.39 is 23.9 Å². The van der Waals surface area contributed by atoms with Crippen LogP contribution < -0.4 is 15.0 Å². The molecule has 2 aromatic carbocycles. The lowest BCUT2D eigenvalue weighted by Crippen LogP contribution is -2.47. The molecule has 1 atom stereocenters. The van der Waals surface area contributed by atoms with Crippen LogP contribution in [0.15, 0.2) is 46.9 Å². The van der Waals surface area contributed by atoms with Gasteiger partial charge in [0, 0.05) is 10.2 Å². The van der Waals surface area contributed by atoms with Gasteiger partial charge >= 0.3 is 5.97 Å². The number of fused-ring (bicyclic) bond motifs is 1. The van der Waals surface area contributed by atoms with Crippen LogP contribution in [0.5, 0.6) is 5.75 Å².